The maximum Gasteiger partial charge on any atom is 0.153 e. The largest absolute Gasteiger partial charge is 0.495 e. The second kappa shape index (κ2) is 5.73. The molecule has 0 saturated heterocycles. The van der Waals surface area contributed by atoms with Crippen molar-refractivity contribution in [3.63, 3.8) is 0 Å². The van der Waals surface area contributed by atoms with Crippen LogP contribution >= 0.6 is 0 Å². The van der Waals surface area contributed by atoms with Crippen molar-refractivity contribution in [1.29, 1.82) is 0 Å². The maximum absolute atomic E-state index is 5.88. The Balaban J connectivity index is 1.99. The highest BCUT2D eigenvalue weighted by Gasteiger charge is 2.07. The quantitative estimate of drug-likeness (QED) is 0.809. The van der Waals surface area contributed by atoms with Gasteiger partial charge in [-0.3, -0.25) is 5.10 Å². The number of hydrogen-bond donors (Lipinski definition) is 2. The molecule has 0 radical (unpaired) electrons. The van der Waals surface area contributed by atoms with E-state index < -0.39 is 0 Å². The molecular weight excluding hydrogens is 240 g/mol. The van der Waals surface area contributed by atoms with Crippen molar-refractivity contribution >= 4 is 5.69 Å². The number of hydrogen-bond acceptors (Lipinski definition) is 4. The standard InChI is InChI=1S/C14H20N4O/c1-9(2)14-16-13(17-18-14)7-5-10-4-6-12(19-3)11(15)8-10/h4,6,8-9H,5,7,15H2,1-3H3,(H,16,17,18). The molecule has 0 spiro atoms. The summed E-state index contributed by atoms with van der Waals surface area (Å²) in [5, 5.41) is 7.17. The van der Waals surface area contributed by atoms with Gasteiger partial charge in [0.1, 0.15) is 11.6 Å². The van der Waals surface area contributed by atoms with Crippen LogP contribution in [0.25, 0.3) is 0 Å². The van der Waals surface area contributed by atoms with Crippen molar-refractivity contribution in [3.8, 4) is 5.75 Å². The van der Waals surface area contributed by atoms with E-state index in [9.17, 15) is 0 Å². The Labute approximate surface area is 113 Å². The molecule has 3 N–H and O–H groups in total. The van der Waals surface area contributed by atoms with Crippen LogP contribution in [0.5, 0.6) is 5.75 Å². The van der Waals surface area contributed by atoms with Crippen molar-refractivity contribution in [2.45, 2.75) is 32.6 Å². The minimum atomic E-state index is 0.349. The Morgan fingerprint density at radius 1 is 1.32 bits per heavy atom. The van der Waals surface area contributed by atoms with Crippen molar-refractivity contribution in [2.75, 3.05) is 12.8 Å². The molecule has 19 heavy (non-hydrogen) atoms. The van der Waals surface area contributed by atoms with E-state index in [1.54, 1.807) is 7.11 Å². The fourth-order valence-electron chi connectivity index (χ4n) is 1.88. The number of aromatic amines is 1. The Kier molecular flexibility index (Phi) is 4.04. The minimum absolute atomic E-state index is 0.349. The van der Waals surface area contributed by atoms with Crippen LogP contribution in [0.3, 0.4) is 0 Å². The summed E-state index contributed by atoms with van der Waals surface area (Å²) in [5.41, 5.74) is 7.72. The molecule has 0 aliphatic rings. The van der Waals surface area contributed by atoms with E-state index in [4.69, 9.17) is 10.5 Å². The van der Waals surface area contributed by atoms with E-state index in [-0.39, 0.29) is 0 Å². The van der Waals surface area contributed by atoms with Crippen molar-refractivity contribution in [3.05, 3.63) is 35.4 Å². The van der Waals surface area contributed by atoms with Crippen LogP contribution in [-0.4, -0.2) is 22.3 Å². The second-order valence-electron chi connectivity index (χ2n) is 4.87. The molecule has 2 rings (SSSR count). The molecule has 2 aromatic rings. The summed E-state index contributed by atoms with van der Waals surface area (Å²) in [6.45, 7) is 4.16. The first-order valence-electron chi connectivity index (χ1n) is 6.43. The van der Waals surface area contributed by atoms with Gasteiger partial charge in [-0.1, -0.05) is 19.9 Å². The van der Waals surface area contributed by atoms with E-state index in [1.807, 2.05) is 18.2 Å². The van der Waals surface area contributed by atoms with Gasteiger partial charge < -0.3 is 10.5 Å². The number of benzene rings is 1. The highest BCUT2D eigenvalue weighted by molar-refractivity contribution is 5.54. The predicted octanol–water partition coefficient (Wildman–Crippen LogP) is 2.30. The number of nitrogens with one attached hydrogen (secondary N) is 1. The lowest BCUT2D eigenvalue weighted by molar-refractivity contribution is 0.417. The second-order valence-corrected chi connectivity index (χ2v) is 4.87. The molecule has 5 heteroatoms. The fourth-order valence-corrected chi connectivity index (χ4v) is 1.88. The Morgan fingerprint density at radius 3 is 2.68 bits per heavy atom. The van der Waals surface area contributed by atoms with E-state index in [0.29, 0.717) is 17.4 Å². The van der Waals surface area contributed by atoms with Crippen LogP contribution in [0.2, 0.25) is 0 Å². The molecule has 102 valence electrons. The number of aryl methyl sites for hydroxylation is 2. The molecular formula is C14H20N4O. The fraction of sp³-hybridized carbons (Fsp3) is 0.429. The number of nitrogens with two attached hydrogens (primary N) is 1. The van der Waals surface area contributed by atoms with Gasteiger partial charge >= 0.3 is 0 Å². The first kappa shape index (κ1) is 13.4. The summed E-state index contributed by atoms with van der Waals surface area (Å²) in [7, 11) is 1.62. The molecule has 1 aromatic heterocycles. The monoisotopic (exact) mass is 260 g/mol. The Hall–Kier alpha value is -2.04. The molecule has 0 fully saturated rings. The summed E-state index contributed by atoms with van der Waals surface area (Å²) < 4.78 is 5.14. The number of nitrogens with zero attached hydrogens (tertiary/aromatic N) is 2. The van der Waals surface area contributed by atoms with Gasteiger partial charge in [-0.05, 0) is 24.1 Å². The van der Waals surface area contributed by atoms with Crippen LogP contribution in [0.4, 0.5) is 5.69 Å². The van der Waals surface area contributed by atoms with Crippen LogP contribution in [0, 0.1) is 0 Å². The number of anilines is 1. The lowest BCUT2D eigenvalue weighted by Crippen LogP contribution is -1.97. The van der Waals surface area contributed by atoms with Gasteiger partial charge in [0.2, 0.25) is 0 Å². The molecule has 1 heterocycles. The Morgan fingerprint density at radius 2 is 2.11 bits per heavy atom. The van der Waals surface area contributed by atoms with Gasteiger partial charge in [0.25, 0.3) is 0 Å². The van der Waals surface area contributed by atoms with Crippen molar-refractivity contribution < 1.29 is 4.74 Å². The van der Waals surface area contributed by atoms with Crippen molar-refractivity contribution in [2.24, 2.45) is 0 Å². The summed E-state index contributed by atoms with van der Waals surface area (Å²) in [4.78, 5) is 4.46. The molecule has 1 aromatic carbocycles. The van der Waals surface area contributed by atoms with E-state index in [0.717, 1.165) is 24.5 Å². The van der Waals surface area contributed by atoms with Gasteiger partial charge in [-0.2, -0.15) is 5.10 Å². The normalized spacial score (nSPS) is 10.9. The highest BCUT2D eigenvalue weighted by atomic mass is 16.5. The lowest BCUT2D eigenvalue weighted by atomic mass is 10.1. The third-order valence-corrected chi connectivity index (χ3v) is 3.01. The number of ether oxygens (including phenoxy) is 1. The van der Waals surface area contributed by atoms with Crippen LogP contribution < -0.4 is 10.5 Å². The highest BCUT2D eigenvalue weighted by Crippen LogP contribution is 2.22. The average molecular weight is 260 g/mol. The van der Waals surface area contributed by atoms with E-state index >= 15 is 0 Å². The maximum atomic E-state index is 5.88. The Bertz CT molecular complexity index is 548. The lowest BCUT2D eigenvalue weighted by Gasteiger charge is -2.06. The molecule has 0 atom stereocenters. The summed E-state index contributed by atoms with van der Waals surface area (Å²) >= 11 is 0. The summed E-state index contributed by atoms with van der Waals surface area (Å²) in [6, 6.07) is 5.86. The number of H-pyrrole nitrogens is 1. The molecule has 0 aliphatic heterocycles. The zero-order chi connectivity index (χ0) is 13.8. The number of aromatic nitrogens is 3. The zero-order valence-electron chi connectivity index (χ0n) is 11.6. The average Bonchev–Trinajstić information content (AvgIpc) is 2.85. The first-order chi connectivity index (χ1) is 9.10. The molecule has 0 aliphatic carbocycles. The topological polar surface area (TPSA) is 76.8 Å². The summed E-state index contributed by atoms with van der Waals surface area (Å²) in [6.07, 6.45) is 1.70. The minimum Gasteiger partial charge on any atom is -0.495 e. The predicted molar refractivity (Wildman–Crippen MR) is 75.3 cm³/mol. The third kappa shape index (κ3) is 3.24. The molecule has 0 amide bonds. The van der Waals surface area contributed by atoms with E-state index in [2.05, 4.69) is 29.0 Å². The number of methoxy groups -OCH3 is 1. The molecule has 0 bridgehead atoms. The summed E-state index contributed by atoms with van der Waals surface area (Å²) in [5.74, 6) is 2.84. The van der Waals surface area contributed by atoms with E-state index in [1.165, 1.54) is 5.56 Å². The third-order valence-electron chi connectivity index (χ3n) is 3.01. The SMILES string of the molecule is COc1ccc(CCc2nc(C(C)C)n[nH]2)cc1N. The van der Waals surface area contributed by atoms with Crippen LogP contribution in [-0.2, 0) is 12.8 Å². The van der Waals surface area contributed by atoms with Gasteiger partial charge in [0, 0.05) is 12.3 Å². The first-order valence-corrected chi connectivity index (χ1v) is 6.43. The van der Waals surface area contributed by atoms with Gasteiger partial charge in [0.15, 0.2) is 5.82 Å². The van der Waals surface area contributed by atoms with Gasteiger partial charge in [-0.25, -0.2) is 4.98 Å². The van der Waals surface area contributed by atoms with Crippen LogP contribution in [0.15, 0.2) is 18.2 Å². The number of nitrogen functional groups attached to an aromatic ring is 1. The molecule has 0 unspecified atom stereocenters. The molecule has 5 nitrogen and oxygen atoms in total. The molecule has 0 saturated carbocycles. The van der Waals surface area contributed by atoms with Crippen LogP contribution in [0.1, 0.15) is 37.0 Å². The van der Waals surface area contributed by atoms with Crippen molar-refractivity contribution in [1.82, 2.24) is 15.2 Å². The number of rotatable bonds is 5. The zero-order valence-corrected chi connectivity index (χ0v) is 11.6. The van der Waals surface area contributed by atoms with Gasteiger partial charge in [0.05, 0.1) is 12.8 Å². The smallest absolute Gasteiger partial charge is 0.153 e. The van der Waals surface area contributed by atoms with Gasteiger partial charge in [-0.15, -0.1) is 0 Å².